The van der Waals surface area contributed by atoms with E-state index in [1.165, 1.54) is 19.3 Å². The number of aldehydes is 1. The Kier molecular flexibility index (Phi) is 28.0. The number of rotatable bonds is 7. The molecule has 0 aliphatic carbocycles. The van der Waals surface area contributed by atoms with Gasteiger partial charge in [0.05, 0.1) is 30.7 Å². The molecular formula is C30H55O5Sn. The third-order valence-electron chi connectivity index (χ3n) is 6.16. The maximum Gasteiger partial charge on any atom is 0.124 e. The molecule has 0 aromatic carbocycles. The summed E-state index contributed by atoms with van der Waals surface area (Å²) in [6, 6.07) is 0. The Hall–Kier alpha value is -0.111. The molecule has 3 heterocycles. The van der Waals surface area contributed by atoms with Crippen LogP contribution in [0.4, 0.5) is 0 Å². The van der Waals surface area contributed by atoms with Crippen LogP contribution in [0.3, 0.4) is 0 Å². The van der Waals surface area contributed by atoms with E-state index in [1.807, 2.05) is 13.0 Å². The fourth-order valence-electron chi connectivity index (χ4n) is 3.94. The normalized spacial score (nSPS) is 29.0. The van der Waals surface area contributed by atoms with Gasteiger partial charge in [-0.15, -0.1) is 0 Å². The third kappa shape index (κ3) is 16.7. The minimum atomic E-state index is -0.191. The van der Waals surface area contributed by atoms with Gasteiger partial charge in [-0.3, -0.25) is 0 Å². The number of unbranched alkanes of at least 4 members (excludes halogenated alkanes) is 3. The van der Waals surface area contributed by atoms with Gasteiger partial charge in [0.1, 0.15) is 18.5 Å². The first-order chi connectivity index (χ1) is 17.1. The van der Waals surface area contributed by atoms with Gasteiger partial charge in [-0.25, -0.2) is 0 Å². The van der Waals surface area contributed by atoms with Crippen LogP contribution in [-0.2, 0) is 23.7 Å². The Balaban J connectivity index is 0. The number of hydrogen-bond acceptors (Lipinski definition) is 5. The number of ether oxygens (including phenoxy) is 4. The van der Waals surface area contributed by atoms with Gasteiger partial charge in [-0.1, -0.05) is 86.1 Å². The second kappa shape index (κ2) is 26.5. The summed E-state index contributed by atoms with van der Waals surface area (Å²) >= 11 is 0. The molecule has 0 aromatic heterocycles. The molecule has 209 valence electrons. The second-order valence-corrected chi connectivity index (χ2v) is 9.24. The Morgan fingerprint density at radius 2 is 1.31 bits per heavy atom. The minimum absolute atomic E-state index is 0. The second-order valence-electron chi connectivity index (χ2n) is 9.24. The van der Waals surface area contributed by atoms with E-state index in [1.54, 1.807) is 6.26 Å². The molecule has 6 heteroatoms. The quantitative estimate of drug-likeness (QED) is 0.172. The molecule has 5 nitrogen and oxygen atoms in total. The zero-order valence-electron chi connectivity index (χ0n) is 23.8. The van der Waals surface area contributed by atoms with Crippen LogP contribution in [0.15, 0.2) is 12.3 Å². The molecule has 36 heavy (non-hydrogen) atoms. The first kappa shape index (κ1) is 38.0. The van der Waals surface area contributed by atoms with Crippen molar-refractivity contribution in [2.45, 2.75) is 148 Å². The molecule has 0 unspecified atom stereocenters. The van der Waals surface area contributed by atoms with Crippen molar-refractivity contribution in [3.05, 3.63) is 33.1 Å². The van der Waals surface area contributed by atoms with Crippen LogP contribution in [0.1, 0.15) is 111 Å². The van der Waals surface area contributed by atoms with Gasteiger partial charge in [0.15, 0.2) is 0 Å². The summed E-state index contributed by atoms with van der Waals surface area (Å²) in [6.07, 6.45) is 17.7. The zero-order valence-corrected chi connectivity index (χ0v) is 26.6. The van der Waals surface area contributed by atoms with Crippen LogP contribution in [-0.4, -0.2) is 73.4 Å². The van der Waals surface area contributed by atoms with Gasteiger partial charge in [0.25, 0.3) is 0 Å². The molecule has 3 fully saturated rings. The number of fused-ring (bicyclic) bond motifs is 2. The molecule has 0 saturated carbocycles. The van der Waals surface area contributed by atoms with Crippen LogP contribution >= 0.6 is 0 Å². The number of hydrogen-bond donors (Lipinski definition) is 0. The Bertz CT molecular complexity index is 486. The standard InChI is InChI=1S/C18H28O5.3C4H9.Sn/c1-2-11-20-14-6-8-16-17(23-18(14)9-10-19)7-5-13-15(22-16)4-3-12-21-13;3*1-3-4-2;/h2,10-11,13-18H,3-9,12H2,1H3;3*1,3-4H2,2H3;/b11-2-;;;;/t13-,14+,15+,16-,17+,18-;;;;/m1..../s1. The monoisotopic (exact) mass is 615 g/mol. The van der Waals surface area contributed by atoms with Crippen molar-refractivity contribution in [2.75, 3.05) is 6.61 Å². The summed E-state index contributed by atoms with van der Waals surface area (Å²) in [4.78, 5) is 11.0. The van der Waals surface area contributed by atoms with Crippen LogP contribution in [0, 0.1) is 20.8 Å². The van der Waals surface area contributed by atoms with E-state index >= 15 is 0 Å². The molecule has 6 atom stereocenters. The fraction of sp³-hybridized carbons (Fsp3) is 0.800. The fourth-order valence-corrected chi connectivity index (χ4v) is 3.94. The van der Waals surface area contributed by atoms with E-state index in [4.69, 9.17) is 18.9 Å². The minimum Gasteiger partial charge on any atom is -0.496 e. The van der Waals surface area contributed by atoms with E-state index in [2.05, 4.69) is 41.5 Å². The molecule has 0 bridgehead atoms. The molecule has 0 aromatic rings. The average molecular weight is 614 g/mol. The van der Waals surface area contributed by atoms with Crippen molar-refractivity contribution in [3.8, 4) is 0 Å². The predicted octanol–water partition coefficient (Wildman–Crippen LogP) is 7.25. The van der Waals surface area contributed by atoms with E-state index in [9.17, 15) is 4.79 Å². The predicted molar refractivity (Wildman–Crippen MR) is 152 cm³/mol. The summed E-state index contributed by atoms with van der Waals surface area (Å²) in [5, 5.41) is 0. The Labute approximate surface area is 240 Å². The van der Waals surface area contributed by atoms with Gasteiger partial charge < -0.3 is 23.7 Å². The molecule has 7 radical (unpaired) electrons. The largest absolute Gasteiger partial charge is 0.496 e. The number of allylic oxidation sites excluding steroid dienone is 1. The van der Waals surface area contributed by atoms with Crippen molar-refractivity contribution in [3.63, 3.8) is 0 Å². The van der Waals surface area contributed by atoms with E-state index < -0.39 is 0 Å². The Morgan fingerprint density at radius 3 is 1.83 bits per heavy atom. The summed E-state index contributed by atoms with van der Waals surface area (Å²) < 4.78 is 24.3. The zero-order chi connectivity index (χ0) is 26.3. The molecule has 3 aliphatic heterocycles. The number of carbonyl (C=O) groups excluding carboxylic acids is 1. The number of carbonyl (C=O) groups is 1. The van der Waals surface area contributed by atoms with Gasteiger partial charge >= 0.3 is 0 Å². The first-order valence-corrected chi connectivity index (χ1v) is 14.1. The van der Waals surface area contributed by atoms with Crippen molar-refractivity contribution >= 4 is 30.2 Å². The van der Waals surface area contributed by atoms with Crippen LogP contribution in [0.2, 0.25) is 0 Å². The summed E-state index contributed by atoms with van der Waals surface area (Å²) in [5.74, 6) is 0. The smallest absolute Gasteiger partial charge is 0.124 e. The van der Waals surface area contributed by atoms with Gasteiger partial charge in [0, 0.05) is 36.9 Å². The van der Waals surface area contributed by atoms with Crippen molar-refractivity contribution in [1.82, 2.24) is 0 Å². The molecular weight excluding hydrogens is 559 g/mol. The van der Waals surface area contributed by atoms with Gasteiger partial charge in [-0.05, 0) is 45.4 Å². The third-order valence-corrected chi connectivity index (χ3v) is 6.16. The van der Waals surface area contributed by atoms with Gasteiger partial charge in [0.2, 0.25) is 0 Å². The van der Waals surface area contributed by atoms with Crippen molar-refractivity contribution in [1.29, 1.82) is 0 Å². The molecule has 3 saturated heterocycles. The summed E-state index contributed by atoms with van der Waals surface area (Å²) in [7, 11) is 0. The summed E-state index contributed by atoms with van der Waals surface area (Å²) in [6.45, 7) is 19.9. The molecule has 0 N–H and O–H groups in total. The van der Waals surface area contributed by atoms with Gasteiger partial charge in [-0.2, -0.15) is 0 Å². The summed E-state index contributed by atoms with van der Waals surface area (Å²) in [5.41, 5.74) is 0. The maximum atomic E-state index is 11.0. The molecule has 3 aliphatic rings. The van der Waals surface area contributed by atoms with E-state index in [0.29, 0.717) is 6.42 Å². The Morgan fingerprint density at radius 1 is 0.806 bits per heavy atom. The van der Waals surface area contributed by atoms with Crippen LogP contribution in [0.25, 0.3) is 0 Å². The van der Waals surface area contributed by atoms with Crippen LogP contribution in [0.5, 0.6) is 0 Å². The van der Waals surface area contributed by atoms with Crippen molar-refractivity contribution < 1.29 is 23.7 Å². The molecule has 3 rings (SSSR count). The first-order valence-electron chi connectivity index (χ1n) is 14.1. The van der Waals surface area contributed by atoms with Crippen molar-refractivity contribution in [2.24, 2.45) is 0 Å². The topological polar surface area (TPSA) is 54.0 Å². The average Bonchev–Trinajstić information content (AvgIpc) is 3.17. The van der Waals surface area contributed by atoms with Crippen LogP contribution < -0.4 is 0 Å². The van der Waals surface area contributed by atoms with E-state index in [-0.39, 0.29) is 60.5 Å². The molecule has 0 spiro atoms. The maximum absolute atomic E-state index is 11.0. The SMILES string of the molecule is C/C=C\O[C@H]1CC[C@H]2O[C@H]3CCCO[C@@H]3CC[C@@H]2O[C@@H]1CC=O.[CH2]CCC.[CH2]CCC.[CH2]CCC.[Sn]. The van der Waals surface area contributed by atoms with E-state index in [0.717, 1.165) is 70.7 Å². The molecule has 0 amide bonds.